The Bertz CT molecular complexity index is 1320. The van der Waals surface area contributed by atoms with Gasteiger partial charge < -0.3 is 19.4 Å². The molecule has 4 aromatic rings. The van der Waals surface area contributed by atoms with Crippen molar-refractivity contribution in [1.82, 2.24) is 10.3 Å². The largest absolute Gasteiger partial charge is 0.465 e. The molecule has 0 saturated carbocycles. The van der Waals surface area contributed by atoms with Crippen LogP contribution >= 0.6 is 12.2 Å². The van der Waals surface area contributed by atoms with E-state index >= 15 is 0 Å². The zero-order valence-electron chi connectivity index (χ0n) is 18.1. The number of nitrogens with one attached hydrogen (secondary N) is 1. The quantitative estimate of drug-likeness (QED) is 0.306. The second kappa shape index (κ2) is 9.07. The first-order valence-electron chi connectivity index (χ1n) is 10.6. The summed E-state index contributed by atoms with van der Waals surface area (Å²) in [5.41, 5.74) is 2.82. The molecule has 2 aromatic carbocycles. The summed E-state index contributed by atoms with van der Waals surface area (Å²) in [7, 11) is 1.35. The van der Waals surface area contributed by atoms with Gasteiger partial charge in [-0.15, -0.1) is 0 Å². The Kier molecular flexibility index (Phi) is 5.81. The standard InChI is InChI=1S/C26H20FN3O3S/c1-32-25(31)17-7-5-16(6-8-17)21-13-14-22(33-21)24-23(20-4-2-3-15-28-20)29-26(34)30(24)19-11-9-18(27)10-12-19/h2-15,23-24H,1H3,(H,29,34)/t23-,24-/m0/s1. The lowest BCUT2D eigenvalue weighted by molar-refractivity contribution is 0.0600. The number of carbonyl (C=O) groups excluding carboxylic acids is 1. The van der Waals surface area contributed by atoms with E-state index in [1.165, 1.54) is 19.2 Å². The van der Waals surface area contributed by atoms with Gasteiger partial charge in [0.15, 0.2) is 5.11 Å². The normalized spacial score (nSPS) is 17.5. The van der Waals surface area contributed by atoms with Gasteiger partial charge in [0, 0.05) is 17.4 Å². The monoisotopic (exact) mass is 473 g/mol. The molecule has 1 N–H and O–H groups in total. The van der Waals surface area contributed by atoms with Crippen molar-refractivity contribution >= 4 is 29.0 Å². The maximum Gasteiger partial charge on any atom is 0.337 e. The lowest BCUT2D eigenvalue weighted by atomic mass is 10.0. The van der Waals surface area contributed by atoms with Gasteiger partial charge in [-0.3, -0.25) is 4.98 Å². The molecule has 0 bridgehead atoms. The highest BCUT2D eigenvalue weighted by Crippen LogP contribution is 2.42. The van der Waals surface area contributed by atoms with Crippen LogP contribution in [0.15, 0.2) is 89.5 Å². The fourth-order valence-electron chi connectivity index (χ4n) is 4.08. The van der Waals surface area contributed by atoms with Crippen molar-refractivity contribution in [2.45, 2.75) is 12.1 Å². The van der Waals surface area contributed by atoms with Crippen LogP contribution in [0.5, 0.6) is 0 Å². The number of carbonyl (C=O) groups is 1. The number of furan rings is 1. The number of anilines is 1. The smallest absolute Gasteiger partial charge is 0.337 e. The van der Waals surface area contributed by atoms with Crippen molar-refractivity contribution in [3.63, 3.8) is 0 Å². The second-order valence-corrected chi connectivity index (χ2v) is 8.13. The summed E-state index contributed by atoms with van der Waals surface area (Å²) in [4.78, 5) is 18.2. The number of aromatic nitrogens is 1. The molecule has 2 atom stereocenters. The van der Waals surface area contributed by atoms with E-state index in [1.54, 1.807) is 42.6 Å². The van der Waals surface area contributed by atoms with Gasteiger partial charge in [-0.1, -0.05) is 18.2 Å². The Balaban J connectivity index is 1.54. The highest BCUT2D eigenvalue weighted by atomic mass is 32.1. The molecular formula is C26H20FN3O3S. The summed E-state index contributed by atoms with van der Waals surface area (Å²) in [6, 6.07) is 22.0. The van der Waals surface area contributed by atoms with Crippen LogP contribution < -0.4 is 10.2 Å². The van der Waals surface area contributed by atoms with Crippen molar-refractivity contribution in [1.29, 1.82) is 0 Å². The Hall–Kier alpha value is -4.04. The predicted octanol–water partition coefficient (Wildman–Crippen LogP) is 5.44. The van der Waals surface area contributed by atoms with Gasteiger partial charge in [-0.2, -0.15) is 0 Å². The Morgan fingerprint density at radius 3 is 2.50 bits per heavy atom. The first-order valence-corrected chi connectivity index (χ1v) is 11.0. The molecule has 0 radical (unpaired) electrons. The third kappa shape index (κ3) is 4.04. The van der Waals surface area contributed by atoms with Crippen molar-refractivity contribution in [3.05, 3.63) is 108 Å². The van der Waals surface area contributed by atoms with Crippen molar-refractivity contribution in [3.8, 4) is 11.3 Å². The second-order valence-electron chi connectivity index (χ2n) is 7.74. The number of ether oxygens (including phenoxy) is 1. The number of hydrogen-bond acceptors (Lipinski definition) is 5. The molecule has 3 heterocycles. The Labute approximate surface area is 201 Å². The minimum Gasteiger partial charge on any atom is -0.465 e. The van der Waals surface area contributed by atoms with Gasteiger partial charge >= 0.3 is 5.97 Å². The number of esters is 1. The molecule has 170 valence electrons. The van der Waals surface area contributed by atoms with Crippen LogP contribution in [0.2, 0.25) is 0 Å². The molecule has 6 nitrogen and oxygen atoms in total. The molecule has 0 unspecified atom stereocenters. The topological polar surface area (TPSA) is 67.6 Å². The van der Waals surface area contributed by atoms with Crippen LogP contribution in [0.25, 0.3) is 11.3 Å². The van der Waals surface area contributed by atoms with E-state index < -0.39 is 5.97 Å². The number of halogens is 1. The summed E-state index contributed by atoms with van der Waals surface area (Å²) >= 11 is 5.67. The van der Waals surface area contributed by atoms with Crippen LogP contribution in [0.3, 0.4) is 0 Å². The van der Waals surface area contributed by atoms with Gasteiger partial charge in [-0.25, -0.2) is 9.18 Å². The third-order valence-corrected chi connectivity index (χ3v) is 6.03. The highest BCUT2D eigenvalue weighted by molar-refractivity contribution is 7.80. The van der Waals surface area contributed by atoms with Gasteiger partial charge in [0.05, 0.1) is 24.4 Å². The molecule has 1 fully saturated rings. The molecule has 1 aliphatic heterocycles. The Morgan fingerprint density at radius 2 is 1.82 bits per heavy atom. The van der Waals surface area contributed by atoms with Gasteiger partial charge in [0.25, 0.3) is 0 Å². The summed E-state index contributed by atoms with van der Waals surface area (Å²) in [5.74, 6) is 0.586. The van der Waals surface area contributed by atoms with Crippen LogP contribution in [0, 0.1) is 5.82 Å². The SMILES string of the molecule is COC(=O)c1ccc(-c2ccc([C@H]3[C@H](c4ccccn4)NC(=S)N3c3ccc(F)cc3)o2)cc1. The number of methoxy groups -OCH3 is 1. The van der Waals surface area contributed by atoms with Crippen molar-refractivity contribution in [2.24, 2.45) is 0 Å². The van der Waals surface area contributed by atoms with Crippen LogP contribution in [0.4, 0.5) is 10.1 Å². The van der Waals surface area contributed by atoms with E-state index in [2.05, 4.69) is 10.3 Å². The maximum atomic E-state index is 13.6. The molecule has 1 saturated heterocycles. The fraction of sp³-hybridized carbons (Fsp3) is 0.115. The molecule has 0 amide bonds. The molecule has 0 aliphatic carbocycles. The van der Waals surface area contributed by atoms with Gasteiger partial charge in [-0.05, 0) is 72.9 Å². The maximum absolute atomic E-state index is 13.6. The summed E-state index contributed by atoms with van der Waals surface area (Å²) in [6.45, 7) is 0. The molecule has 0 spiro atoms. The lowest BCUT2D eigenvalue weighted by Crippen LogP contribution is -2.29. The first-order chi connectivity index (χ1) is 16.5. The average Bonchev–Trinajstić information content (AvgIpc) is 3.49. The summed E-state index contributed by atoms with van der Waals surface area (Å²) in [6.07, 6.45) is 1.73. The molecular weight excluding hydrogens is 453 g/mol. The van der Waals surface area contributed by atoms with Crippen LogP contribution in [-0.2, 0) is 4.74 Å². The third-order valence-electron chi connectivity index (χ3n) is 5.71. The molecule has 2 aromatic heterocycles. The first kappa shape index (κ1) is 21.8. The van der Waals surface area contributed by atoms with E-state index in [9.17, 15) is 9.18 Å². The van der Waals surface area contributed by atoms with Gasteiger partial charge in [0.2, 0.25) is 0 Å². The van der Waals surface area contributed by atoms with Crippen LogP contribution in [0.1, 0.15) is 33.9 Å². The fourth-order valence-corrected chi connectivity index (χ4v) is 4.42. The number of thiocarbonyl (C=S) groups is 1. The zero-order valence-corrected chi connectivity index (χ0v) is 19.0. The number of rotatable bonds is 5. The molecule has 8 heteroatoms. The summed E-state index contributed by atoms with van der Waals surface area (Å²) in [5, 5.41) is 3.84. The Morgan fingerprint density at radius 1 is 1.06 bits per heavy atom. The van der Waals surface area contributed by atoms with Crippen molar-refractivity contribution < 1.29 is 18.3 Å². The number of benzene rings is 2. The van der Waals surface area contributed by atoms with Crippen molar-refractivity contribution in [2.75, 3.05) is 12.0 Å². The lowest BCUT2D eigenvalue weighted by Gasteiger charge is -2.26. The minimum atomic E-state index is -0.398. The number of hydrogen-bond donors (Lipinski definition) is 1. The number of nitrogens with zero attached hydrogens (tertiary/aromatic N) is 2. The highest BCUT2D eigenvalue weighted by Gasteiger charge is 2.42. The molecule has 1 aliphatic rings. The van der Waals surface area contributed by atoms with E-state index in [1.807, 2.05) is 35.2 Å². The minimum absolute atomic E-state index is 0.278. The summed E-state index contributed by atoms with van der Waals surface area (Å²) < 4.78 is 24.7. The van der Waals surface area contributed by atoms with E-state index in [4.69, 9.17) is 21.4 Å². The van der Waals surface area contributed by atoms with E-state index in [-0.39, 0.29) is 17.9 Å². The predicted molar refractivity (Wildman–Crippen MR) is 130 cm³/mol. The molecule has 34 heavy (non-hydrogen) atoms. The number of pyridine rings is 1. The average molecular weight is 474 g/mol. The zero-order chi connectivity index (χ0) is 23.7. The molecule has 5 rings (SSSR count). The van der Waals surface area contributed by atoms with E-state index in [0.29, 0.717) is 22.2 Å². The van der Waals surface area contributed by atoms with Crippen LogP contribution in [-0.4, -0.2) is 23.2 Å². The van der Waals surface area contributed by atoms with Gasteiger partial charge in [0.1, 0.15) is 23.4 Å². The van der Waals surface area contributed by atoms with E-state index in [0.717, 1.165) is 16.9 Å².